The van der Waals surface area contributed by atoms with Gasteiger partial charge in [0.05, 0.1) is 0 Å². The van der Waals surface area contributed by atoms with Crippen molar-refractivity contribution in [3.05, 3.63) is 66.2 Å². The van der Waals surface area contributed by atoms with Gasteiger partial charge in [-0.3, -0.25) is 4.79 Å². The van der Waals surface area contributed by atoms with Gasteiger partial charge in [-0.1, -0.05) is 30.3 Å². The van der Waals surface area contributed by atoms with E-state index in [2.05, 4.69) is 0 Å². The molecule has 0 saturated heterocycles. The van der Waals surface area contributed by atoms with Crippen LogP contribution in [-0.4, -0.2) is 6.29 Å². The van der Waals surface area contributed by atoms with E-state index in [0.29, 0.717) is 0 Å². The first kappa shape index (κ1) is 22.1. The first-order valence-electron chi connectivity index (χ1n) is 5.12. The van der Waals surface area contributed by atoms with Crippen molar-refractivity contribution in [2.45, 2.75) is 0 Å². The van der Waals surface area contributed by atoms with E-state index < -0.39 is 7.81 Å². The van der Waals surface area contributed by atoms with E-state index in [1.165, 1.54) is 0 Å². The Balaban J connectivity index is 0. The maximum atomic E-state index is 10.0. The van der Waals surface area contributed by atoms with Gasteiger partial charge in [0.1, 0.15) is 6.29 Å². The number of rotatable bonds is 1. The van der Waals surface area contributed by atoms with E-state index in [0.717, 1.165) is 11.8 Å². The van der Waals surface area contributed by atoms with Crippen molar-refractivity contribution in [3.63, 3.8) is 0 Å². The van der Waals surface area contributed by atoms with Crippen LogP contribution in [0.15, 0.2) is 60.7 Å². The Morgan fingerprint density at radius 2 is 1.19 bits per heavy atom. The number of hydrogen-bond donors (Lipinski definition) is 0. The average molecular weight is 372 g/mol. The number of carbonyl (C=O) groups excluding carboxylic acids is 1. The fourth-order valence-electron chi connectivity index (χ4n) is 0.852. The van der Waals surface area contributed by atoms with E-state index in [9.17, 15) is 30.0 Å². The molecule has 0 amide bonds. The molecule has 0 radical (unpaired) electrons. The zero-order valence-corrected chi connectivity index (χ0v) is 12.3. The molecule has 122 valence electrons. The van der Waals surface area contributed by atoms with Gasteiger partial charge in [-0.25, -0.2) is 12.1 Å². The molecule has 0 N–H and O–H groups in total. The van der Waals surface area contributed by atoms with Crippen molar-refractivity contribution in [2.75, 3.05) is 0 Å². The topological polar surface area (TPSA) is 17.1 Å². The van der Waals surface area contributed by atoms with Crippen molar-refractivity contribution in [2.24, 2.45) is 0 Å². The first-order chi connectivity index (χ1) is 8.88. The third kappa shape index (κ3) is 27.8. The van der Waals surface area contributed by atoms with Gasteiger partial charge in [0.15, 0.2) is 0 Å². The predicted octanol–water partition coefficient (Wildman–Crippen LogP) is 6.28. The van der Waals surface area contributed by atoms with E-state index in [4.69, 9.17) is 0 Å². The maximum absolute atomic E-state index is 10.7. The van der Waals surface area contributed by atoms with Crippen LogP contribution in [0.25, 0.3) is 0 Å². The van der Waals surface area contributed by atoms with Gasteiger partial charge in [0, 0.05) is 22.6 Å². The summed E-state index contributed by atoms with van der Waals surface area (Å²) >= 11 is 0. The van der Waals surface area contributed by atoms with Crippen molar-refractivity contribution < 1.29 is 47.0 Å². The molecular formula is C12H11F6FeOP-2. The Morgan fingerprint density at radius 1 is 0.810 bits per heavy atom. The van der Waals surface area contributed by atoms with Crippen LogP contribution in [0.3, 0.4) is 0 Å². The zero-order chi connectivity index (χ0) is 15.8. The monoisotopic (exact) mass is 372 g/mol. The Hall–Kier alpha value is -1.23. The third-order valence-electron chi connectivity index (χ3n) is 1.49. The second-order valence-electron chi connectivity index (χ2n) is 3.45. The molecule has 2 aromatic rings. The van der Waals surface area contributed by atoms with Crippen LogP contribution in [0, 0.1) is 0 Å². The number of benzene rings is 1. The zero-order valence-electron chi connectivity index (χ0n) is 10.3. The molecule has 0 spiro atoms. The molecule has 0 bridgehead atoms. The molecule has 0 aliphatic carbocycles. The fourth-order valence-corrected chi connectivity index (χ4v) is 0.852. The summed E-state index contributed by atoms with van der Waals surface area (Å²) in [7, 11) is -10.7. The van der Waals surface area contributed by atoms with Crippen LogP contribution in [-0.2, 0) is 17.1 Å². The summed E-state index contributed by atoms with van der Waals surface area (Å²) < 4.78 is 59.2. The van der Waals surface area contributed by atoms with Crippen LogP contribution in [0.5, 0.6) is 0 Å². The standard InChI is InChI=1S/C7H6O.C5H5.F6P.Fe/c8-6-7-4-2-1-3-5-7;1-2-4-5-3-1;1-7(2,3,4,5)6;/h1-6H;1-5H;;/q;2*-1;. The molecular weight excluding hydrogens is 361 g/mol. The molecule has 0 unspecified atom stereocenters. The van der Waals surface area contributed by atoms with Crippen LogP contribution in [0.4, 0.5) is 25.2 Å². The minimum Gasteiger partial charge on any atom is -0.298 e. The minimum atomic E-state index is -10.7. The van der Waals surface area contributed by atoms with Crippen molar-refractivity contribution in [1.82, 2.24) is 0 Å². The SMILES string of the molecule is F[P-](F)(F)(F)(F)F.O=Cc1ccccc1.[Fe].c1cc[cH-]c1. The molecule has 0 atom stereocenters. The summed E-state index contributed by atoms with van der Waals surface area (Å²) in [6, 6.07) is 19.1. The van der Waals surface area contributed by atoms with Gasteiger partial charge in [-0.15, -0.1) is 0 Å². The summed E-state index contributed by atoms with van der Waals surface area (Å²) in [5, 5.41) is 0. The summed E-state index contributed by atoms with van der Waals surface area (Å²) in [6.07, 6.45) is 0.833. The van der Waals surface area contributed by atoms with E-state index in [1.807, 2.05) is 48.5 Å². The molecule has 0 heterocycles. The van der Waals surface area contributed by atoms with E-state index in [1.54, 1.807) is 12.1 Å². The number of halogens is 6. The normalized spacial score (nSPS) is 12.9. The summed E-state index contributed by atoms with van der Waals surface area (Å²) in [5.74, 6) is 0. The van der Waals surface area contributed by atoms with E-state index in [-0.39, 0.29) is 17.1 Å². The van der Waals surface area contributed by atoms with Crippen LogP contribution in [0.2, 0.25) is 0 Å². The van der Waals surface area contributed by atoms with Gasteiger partial charge >= 0.3 is 33.0 Å². The van der Waals surface area contributed by atoms with Crippen molar-refractivity contribution in [3.8, 4) is 0 Å². The smallest absolute Gasteiger partial charge is 0.150 e. The largest absolute Gasteiger partial charge is 0.298 e. The molecule has 0 aliphatic rings. The second-order valence-corrected chi connectivity index (χ2v) is 5.37. The van der Waals surface area contributed by atoms with Crippen molar-refractivity contribution in [1.29, 1.82) is 0 Å². The van der Waals surface area contributed by atoms with Gasteiger partial charge in [-0.2, -0.15) is 18.2 Å². The fraction of sp³-hybridized carbons (Fsp3) is 0. The average Bonchev–Trinajstić information content (AvgIpc) is 2.84. The van der Waals surface area contributed by atoms with E-state index >= 15 is 0 Å². The molecule has 2 rings (SSSR count). The number of hydrogen-bond acceptors (Lipinski definition) is 1. The van der Waals surface area contributed by atoms with Crippen LogP contribution < -0.4 is 0 Å². The van der Waals surface area contributed by atoms with Crippen LogP contribution >= 0.6 is 7.81 Å². The molecule has 0 fully saturated rings. The molecule has 1 nitrogen and oxygen atoms in total. The first-order valence-corrected chi connectivity index (χ1v) is 7.14. The van der Waals surface area contributed by atoms with Gasteiger partial charge < -0.3 is 0 Å². The van der Waals surface area contributed by atoms with Gasteiger partial charge in [-0.05, 0) is 0 Å². The number of aldehydes is 1. The molecule has 0 aromatic heterocycles. The third-order valence-corrected chi connectivity index (χ3v) is 1.49. The molecule has 0 saturated carbocycles. The Morgan fingerprint density at radius 3 is 1.38 bits per heavy atom. The minimum absolute atomic E-state index is 0. The molecule has 0 aliphatic heterocycles. The predicted molar refractivity (Wildman–Crippen MR) is 67.4 cm³/mol. The molecule has 21 heavy (non-hydrogen) atoms. The Labute approximate surface area is 128 Å². The second kappa shape index (κ2) is 7.69. The quantitative estimate of drug-likeness (QED) is 0.189. The maximum Gasteiger partial charge on any atom is 0.150 e. The van der Waals surface area contributed by atoms with Crippen molar-refractivity contribution >= 4 is 14.1 Å². The molecule has 2 aromatic carbocycles. The summed E-state index contributed by atoms with van der Waals surface area (Å²) in [4.78, 5) is 10.0. The summed E-state index contributed by atoms with van der Waals surface area (Å²) in [6.45, 7) is 0. The van der Waals surface area contributed by atoms with Crippen LogP contribution in [0.1, 0.15) is 10.4 Å². The number of carbonyl (C=O) groups is 1. The van der Waals surface area contributed by atoms with Gasteiger partial charge in [0.2, 0.25) is 0 Å². The summed E-state index contributed by atoms with van der Waals surface area (Å²) in [5.41, 5.74) is 0.729. The Kier molecular flexibility index (Phi) is 8.07. The Bertz CT molecular complexity index is 466. The van der Waals surface area contributed by atoms with Gasteiger partial charge in [0.25, 0.3) is 0 Å². The molecule has 9 heteroatoms.